The number of esters is 1. The van der Waals surface area contributed by atoms with E-state index in [1.165, 1.54) is 0 Å². The van der Waals surface area contributed by atoms with Gasteiger partial charge in [-0.15, -0.1) is 0 Å². The number of benzene rings is 1. The van der Waals surface area contributed by atoms with Crippen LogP contribution < -0.4 is 9.80 Å². The van der Waals surface area contributed by atoms with Gasteiger partial charge in [0.2, 0.25) is 6.10 Å². The van der Waals surface area contributed by atoms with Crippen molar-refractivity contribution < 1.29 is 27.8 Å². The third-order valence-corrected chi connectivity index (χ3v) is 5.40. The van der Waals surface area contributed by atoms with E-state index in [9.17, 15) is 18.4 Å². The number of hydrogen-bond donors (Lipinski definition) is 0. The second-order valence-electron chi connectivity index (χ2n) is 6.36. The minimum Gasteiger partial charge on any atom is -0.463 e. The zero-order valence-corrected chi connectivity index (χ0v) is 15.9. The number of anilines is 2. The van der Waals surface area contributed by atoms with Gasteiger partial charge in [-0.3, -0.25) is 4.90 Å². The van der Waals surface area contributed by atoms with E-state index >= 15 is 0 Å². The molecule has 1 aromatic rings. The molecule has 2 aliphatic rings. The van der Waals surface area contributed by atoms with Crippen molar-refractivity contribution in [3.63, 3.8) is 0 Å². The summed E-state index contributed by atoms with van der Waals surface area (Å²) in [5.74, 6) is -0.512. The van der Waals surface area contributed by atoms with Gasteiger partial charge in [-0.05, 0) is 6.42 Å². The average molecular weight is 400 g/mol. The Morgan fingerprint density at radius 2 is 1.96 bits per heavy atom. The van der Waals surface area contributed by atoms with Crippen LogP contribution in [0.1, 0.15) is 19.8 Å². The number of ether oxygens (including phenoxy) is 2. The fourth-order valence-electron chi connectivity index (χ4n) is 3.00. The van der Waals surface area contributed by atoms with Gasteiger partial charge in [-0.25, -0.2) is 18.4 Å². The fraction of sp³-hybridized carbons (Fsp3) is 0.556. The Labute approximate surface area is 160 Å². The van der Waals surface area contributed by atoms with E-state index in [0.717, 1.165) is 35.0 Å². The maximum absolute atomic E-state index is 14.6. The molecule has 2 aliphatic heterocycles. The summed E-state index contributed by atoms with van der Waals surface area (Å²) >= 11 is 1.74. The van der Waals surface area contributed by atoms with Crippen LogP contribution in [0.4, 0.5) is 25.0 Å². The summed E-state index contributed by atoms with van der Waals surface area (Å²) < 4.78 is 39.2. The summed E-state index contributed by atoms with van der Waals surface area (Å²) in [6, 6.07) is 2.21. The maximum atomic E-state index is 14.6. The summed E-state index contributed by atoms with van der Waals surface area (Å²) in [7, 11) is 0. The van der Waals surface area contributed by atoms with Gasteiger partial charge in [0.1, 0.15) is 5.69 Å². The lowest BCUT2D eigenvalue weighted by Crippen LogP contribution is -2.34. The molecule has 0 unspecified atom stereocenters. The molecule has 1 amide bonds. The lowest BCUT2D eigenvalue weighted by Gasteiger charge is -2.29. The molecular formula is C18H22F2N2O4S. The van der Waals surface area contributed by atoms with E-state index in [4.69, 9.17) is 9.47 Å². The Morgan fingerprint density at radius 3 is 2.59 bits per heavy atom. The topological polar surface area (TPSA) is 59.1 Å². The SMILES string of the molecule is CCCCOC(=O)[C@H]1CN(c2cc(F)c(N3CCSCC3)c(F)c2)C(=O)O1. The van der Waals surface area contributed by atoms with Crippen molar-refractivity contribution in [2.45, 2.75) is 25.9 Å². The van der Waals surface area contributed by atoms with Crippen LogP contribution in [0.5, 0.6) is 0 Å². The first-order chi connectivity index (χ1) is 13.0. The normalized spacial score (nSPS) is 20.0. The lowest BCUT2D eigenvalue weighted by molar-refractivity contribution is -0.151. The number of carbonyl (C=O) groups is 2. The first-order valence-electron chi connectivity index (χ1n) is 8.97. The number of amides is 1. The maximum Gasteiger partial charge on any atom is 0.415 e. The van der Waals surface area contributed by atoms with E-state index < -0.39 is 29.8 Å². The highest BCUT2D eigenvalue weighted by molar-refractivity contribution is 7.99. The Kier molecular flexibility index (Phi) is 6.41. The number of unbranched alkanes of at least 4 members (excludes halogenated alkanes) is 1. The van der Waals surface area contributed by atoms with Crippen molar-refractivity contribution in [2.24, 2.45) is 0 Å². The molecule has 1 atom stereocenters. The molecule has 9 heteroatoms. The summed E-state index contributed by atoms with van der Waals surface area (Å²) in [5.41, 5.74) is -0.0591. The number of thioether (sulfide) groups is 1. The van der Waals surface area contributed by atoms with Crippen LogP contribution in [-0.4, -0.2) is 55.9 Å². The third kappa shape index (κ3) is 4.45. The van der Waals surface area contributed by atoms with E-state index in [0.29, 0.717) is 19.5 Å². The summed E-state index contributed by atoms with van der Waals surface area (Å²) in [6.45, 7) is 3.20. The van der Waals surface area contributed by atoms with Gasteiger partial charge in [-0.1, -0.05) is 13.3 Å². The van der Waals surface area contributed by atoms with Crippen LogP contribution >= 0.6 is 11.8 Å². The van der Waals surface area contributed by atoms with Crippen molar-refractivity contribution >= 4 is 35.2 Å². The molecule has 0 radical (unpaired) electrons. The number of carbonyl (C=O) groups excluding carboxylic acids is 2. The van der Waals surface area contributed by atoms with Gasteiger partial charge in [-0.2, -0.15) is 11.8 Å². The molecule has 2 saturated heterocycles. The number of hydrogen-bond acceptors (Lipinski definition) is 6. The average Bonchev–Trinajstić information content (AvgIpc) is 3.04. The van der Waals surface area contributed by atoms with Crippen LogP contribution in [0.15, 0.2) is 12.1 Å². The van der Waals surface area contributed by atoms with Gasteiger partial charge in [0.25, 0.3) is 0 Å². The molecule has 0 aromatic heterocycles. The van der Waals surface area contributed by atoms with Crippen molar-refractivity contribution in [1.82, 2.24) is 0 Å². The summed E-state index contributed by atoms with van der Waals surface area (Å²) in [4.78, 5) is 26.7. The van der Waals surface area contributed by atoms with E-state index in [1.54, 1.807) is 16.7 Å². The second kappa shape index (κ2) is 8.77. The Bertz CT molecular complexity index is 690. The molecule has 27 heavy (non-hydrogen) atoms. The Morgan fingerprint density at radius 1 is 1.30 bits per heavy atom. The molecule has 0 aliphatic carbocycles. The number of rotatable bonds is 6. The number of halogens is 2. The fourth-order valence-corrected chi connectivity index (χ4v) is 3.91. The molecule has 0 spiro atoms. The van der Waals surface area contributed by atoms with Gasteiger partial charge < -0.3 is 14.4 Å². The van der Waals surface area contributed by atoms with Crippen molar-refractivity contribution in [3.05, 3.63) is 23.8 Å². The van der Waals surface area contributed by atoms with Gasteiger partial charge >= 0.3 is 12.1 Å². The van der Waals surface area contributed by atoms with Crippen molar-refractivity contribution in [3.8, 4) is 0 Å². The van der Waals surface area contributed by atoms with Gasteiger partial charge in [0.15, 0.2) is 11.6 Å². The van der Waals surface area contributed by atoms with Crippen LogP contribution in [0.25, 0.3) is 0 Å². The van der Waals surface area contributed by atoms with E-state index in [-0.39, 0.29) is 24.5 Å². The number of cyclic esters (lactones) is 1. The van der Waals surface area contributed by atoms with Crippen LogP contribution in [0.2, 0.25) is 0 Å². The molecular weight excluding hydrogens is 378 g/mol. The zero-order valence-electron chi connectivity index (χ0n) is 15.1. The van der Waals surface area contributed by atoms with Crippen LogP contribution in [0.3, 0.4) is 0 Å². The van der Waals surface area contributed by atoms with Gasteiger partial charge in [0.05, 0.1) is 18.8 Å². The smallest absolute Gasteiger partial charge is 0.415 e. The Balaban J connectivity index is 1.72. The molecule has 2 heterocycles. The monoisotopic (exact) mass is 400 g/mol. The largest absolute Gasteiger partial charge is 0.463 e. The lowest BCUT2D eigenvalue weighted by atomic mass is 10.2. The highest BCUT2D eigenvalue weighted by Gasteiger charge is 2.38. The standard InChI is InChI=1S/C18H22F2N2O4S/c1-2-3-6-25-17(23)15-11-22(18(24)26-15)12-9-13(19)16(14(20)10-12)21-4-7-27-8-5-21/h9-10,15H,2-8,11H2,1H3/t15-/m1/s1. The van der Waals surface area contributed by atoms with Gasteiger partial charge in [0, 0.05) is 36.7 Å². The Hall–Kier alpha value is -2.03. The van der Waals surface area contributed by atoms with Crippen molar-refractivity contribution in [2.75, 3.05) is 47.5 Å². The highest BCUT2D eigenvalue weighted by Crippen LogP contribution is 2.32. The highest BCUT2D eigenvalue weighted by atomic mass is 32.2. The molecule has 3 rings (SSSR count). The van der Waals surface area contributed by atoms with E-state index in [2.05, 4.69) is 0 Å². The first kappa shape index (κ1) is 19.7. The van der Waals surface area contributed by atoms with Crippen LogP contribution in [-0.2, 0) is 14.3 Å². The predicted octanol–water partition coefficient (Wildman–Crippen LogP) is 3.19. The predicted molar refractivity (Wildman–Crippen MR) is 99.4 cm³/mol. The minimum atomic E-state index is -1.10. The molecule has 6 nitrogen and oxygen atoms in total. The van der Waals surface area contributed by atoms with Crippen molar-refractivity contribution in [1.29, 1.82) is 0 Å². The molecule has 148 valence electrons. The third-order valence-electron chi connectivity index (χ3n) is 4.46. The molecule has 2 fully saturated rings. The molecule has 0 bridgehead atoms. The molecule has 0 N–H and O–H groups in total. The summed E-state index contributed by atoms with van der Waals surface area (Å²) in [5, 5.41) is 0. The minimum absolute atomic E-state index is 0.0222. The quantitative estimate of drug-likeness (QED) is 0.540. The summed E-state index contributed by atoms with van der Waals surface area (Å²) in [6.07, 6.45) is -0.347. The molecule has 0 saturated carbocycles. The van der Waals surface area contributed by atoms with E-state index in [1.807, 2.05) is 6.92 Å². The second-order valence-corrected chi connectivity index (χ2v) is 7.59. The number of nitrogens with zero attached hydrogens (tertiary/aromatic N) is 2. The first-order valence-corrected chi connectivity index (χ1v) is 10.1. The van der Waals surface area contributed by atoms with Crippen LogP contribution in [0, 0.1) is 11.6 Å². The molecule has 1 aromatic carbocycles. The zero-order chi connectivity index (χ0) is 19.4.